The summed E-state index contributed by atoms with van der Waals surface area (Å²) in [6.07, 6.45) is 4.99. The Hall–Kier alpha value is -3.65. The molecule has 0 amide bonds. The predicted molar refractivity (Wildman–Crippen MR) is 110 cm³/mol. The molecule has 4 aromatic heterocycles. The fourth-order valence-corrected chi connectivity index (χ4v) is 3.48. The lowest BCUT2D eigenvalue weighted by molar-refractivity contribution is 0.402. The van der Waals surface area contributed by atoms with Crippen molar-refractivity contribution >= 4 is 21.9 Å². The number of aromatic nitrogens is 6. The van der Waals surface area contributed by atoms with Crippen molar-refractivity contribution in [2.45, 2.75) is 6.54 Å². The number of aromatic amines is 2. The molecule has 8 heteroatoms. The quantitative estimate of drug-likeness (QED) is 0.490. The van der Waals surface area contributed by atoms with Crippen molar-refractivity contribution < 1.29 is 4.39 Å². The van der Waals surface area contributed by atoms with Crippen molar-refractivity contribution in [1.82, 2.24) is 35.0 Å². The van der Waals surface area contributed by atoms with Gasteiger partial charge in [0, 0.05) is 24.5 Å². The van der Waals surface area contributed by atoms with Crippen LogP contribution in [0.5, 0.6) is 0 Å². The molecule has 2 N–H and O–H groups in total. The second kappa shape index (κ2) is 6.75. The fourth-order valence-electron chi connectivity index (χ4n) is 3.48. The lowest BCUT2D eigenvalue weighted by Gasteiger charge is -2.10. The first-order chi connectivity index (χ1) is 14.1. The van der Waals surface area contributed by atoms with Gasteiger partial charge in [-0.25, -0.2) is 9.37 Å². The van der Waals surface area contributed by atoms with Gasteiger partial charge in [-0.2, -0.15) is 5.10 Å². The van der Waals surface area contributed by atoms with Crippen LogP contribution in [0, 0.1) is 5.82 Å². The smallest absolute Gasteiger partial charge is 0.161 e. The summed E-state index contributed by atoms with van der Waals surface area (Å²) in [4.78, 5) is 18.4. The number of imidazole rings is 1. The molecule has 0 aliphatic rings. The summed E-state index contributed by atoms with van der Waals surface area (Å²) in [5, 5.41) is 7.50. The molecule has 0 radical (unpaired) electrons. The summed E-state index contributed by atoms with van der Waals surface area (Å²) < 4.78 is 15.6. The minimum Gasteiger partial charge on any atom is -0.337 e. The van der Waals surface area contributed by atoms with Gasteiger partial charge in [0.05, 0.1) is 28.1 Å². The number of rotatable bonds is 4. The highest BCUT2D eigenvalue weighted by atomic mass is 19.1. The van der Waals surface area contributed by atoms with Crippen LogP contribution in [-0.4, -0.2) is 49.1 Å². The number of nitrogens with one attached hydrogen (secondary N) is 2. The Morgan fingerprint density at radius 2 is 1.90 bits per heavy atom. The molecule has 0 fully saturated rings. The van der Waals surface area contributed by atoms with Crippen LogP contribution < -0.4 is 0 Å². The highest BCUT2D eigenvalue weighted by Crippen LogP contribution is 2.32. The van der Waals surface area contributed by atoms with E-state index >= 15 is 4.39 Å². The van der Waals surface area contributed by atoms with E-state index in [1.54, 1.807) is 18.6 Å². The van der Waals surface area contributed by atoms with Gasteiger partial charge in [-0.15, -0.1) is 0 Å². The van der Waals surface area contributed by atoms with E-state index in [9.17, 15) is 0 Å². The first kappa shape index (κ1) is 17.4. The third-order valence-corrected chi connectivity index (χ3v) is 4.73. The van der Waals surface area contributed by atoms with Crippen LogP contribution in [0.25, 0.3) is 44.7 Å². The van der Waals surface area contributed by atoms with E-state index in [2.05, 4.69) is 30.1 Å². The number of benzene rings is 1. The van der Waals surface area contributed by atoms with E-state index in [0.717, 1.165) is 16.6 Å². The van der Waals surface area contributed by atoms with E-state index in [0.29, 0.717) is 34.5 Å². The molecule has 29 heavy (non-hydrogen) atoms. The van der Waals surface area contributed by atoms with Gasteiger partial charge in [-0.3, -0.25) is 15.1 Å². The zero-order chi connectivity index (χ0) is 20.0. The van der Waals surface area contributed by atoms with Crippen molar-refractivity contribution in [2.24, 2.45) is 0 Å². The van der Waals surface area contributed by atoms with Crippen molar-refractivity contribution in [3.63, 3.8) is 0 Å². The van der Waals surface area contributed by atoms with Crippen LogP contribution in [-0.2, 0) is 6.54 Å². The number of nitrogens with zero attached hydrogens (tertiary/aromatic N) is 5. The summed E-state index contributed by atoms with van der Waals surface area (Å²) in [5.41, 5.74) is 4.46. The van der Waals surface area contributed by atoms with Gasteiger partial charge in [0.1, 0.15) is 11.4 Å². The van der Waals surface area contributed by atoms with Gasteiger partial charge in [0.15, 0.2) is 11.6 Å². The van der Waals surface area contributed by atoms with Gasteiger partial charge >= 0.3 is 0 Å². The third kappa shape index (κ3) is 3.03. The Morgan fingerprint density at radius 1 is 1.03 bits per heavy atom. The molecule has 0 saturated carbocycles. The molecule has 1 aromatic carbocycles. The van der Waals surface area contributed by atoms with Gasteiger partial charge in [0.25, 0.3) is 0 Å². The molecule has 0 saturated heterocycles. The maximum atomic E-state index is 15.6. The van der Waals surface area contributed by atoms with E-state index in [4.69, 9.17) is 0 Å². The van der Waals surface area contributed by atoms with Crippen LogP contribution in [0.15, 0.2) is 48.9 Å². The average molecular weight is 387 g/mol. The minimum absolute atomic E-state index is 0.240. The lowest BCUT2D eigenvalue weighted by atomic mass is 10.1. The molecule has 5 aromatic rings. The fraction of sp³-hybridized carbons (Fsp3) is 0.143. The van der Waals surface area contributed by atoms with Crippen LogP contribution in [0.2, 0.25) is 0 Å². The zero-order valence-corrected chi connectivity index (χ0v) is 15.9. The van der Waals surface area contributed by atoms with Crippen LogP contribution in [0.3, 0.4) is 0 Å². The molecule has 7 nitrogen and oxygen atoms in total. The number of para-hydroxylation sites is 2. The maximum absolute atomic E-state index is 15.6. The molecule has 5 rings (SSSR count). The Balaban J connectivity index is 1.66. The third-order valence-electron chi connectivity index (χ3n) is 4.73. The van der Waals surface area contributed by atoms with E-state index in [1.807, 2.05) is 49.3 Å². The summed E-state index contributed by atoms with van der Waals surface area (Å²) >= 11 is 0. The molecule has 0 spiro atoms. The number of H-pyrrole nitrogens is 2. The number of halogens is 1. The van der Waals surface area contributed by atoms with E-state index in [1.165, 1.54) is 0 Å². The lowest BCUT2D eigenvalue weighted by Crippen LogP contribution is -2.10. The summed E-state index contributed by atoms with van der Waals surface area (Å²) in [7, 11) is 3.95. The Bertz CT molecular complexity index is 1300. The van der Waals surface area contributed by atoms with E-state index in [-0.39, 0.29) is 5.69 Å². The van der Waals surface area contributed by atoms with Gasteiger partial charge in [-0.1, -0.05) is 12.1 Å². The van der Waals surface area contributed by atoms with Crippen molar-refractivity contribution in [1.29, 1.82) is 0 Å². The minimum atomic E-state index is -0.449. The van der Waals surface area contributed by atoms with Gasteiger partial charge in [0.2, 0.25) is 0 Å². The molecule has 0 atom stereocenters. The van der Waals surface area contributed by atoms with Gasteiger partial charge in [-0.05, 0) is 37.9 Å². The number of hydrogen-bond donors (Lipinski definition) is 2. The van der Waals surface area contributed by atoms with E-state index < -0.39 is 5.82 Å². The summed E-state index contributed by atoms with van der Waals surface area (Å²) in [6, 6.07) is 9.56. The molecular weight excluding hydrogens is 369 g/mol. The summed E-state index contributed by atoms with van der Waals surface area (Å²) in [6.45, 7) is 0.709. The second-order valence-electron chi connectivity index (χ2n) is 7.20. The first-order valence-corrected chi connectivity index (χ1v) is 9.17. The first-order valence-electron chi connectivity index (χ1n) is 9.17. The molecule has 0 unspecified atom stereocenters. The second-order valence-corrected chi connectivity index (χ2v) is 7.20. The molecule has 4 heterocycles. The molecule has 0 bridgehead atoms. The Kier molecular flexibility index (Phi) is 4.06. The topological polar surface area (TPSA) is 86.4 Å². The molecule has 0 aliphatic heterocycles. The number of hydrogen-bond acceptors (Lipinski definition) is 5. The van der Waals surface area contributed by atoms with Crippen molar-refractivity contribution in [3.05, 3.63) is 60.3 Å². The monoisotopic (exact) mass is 387 g/mol. The highest BCUT2D eigenvalue weighted by Gasteiger charge is 2.20. The van der Waals surface area contributed by atoms with Crippen molar-refractivity contribution in [3.8, 4) is 22.8 Å². The number of pyridine rings is 2. The van der Waals surface area contributed by atoms with Crippen LogP contribution in [0.4, 0.5) is 4.39 Å². The predicted octanol–water partition coefficient (Wildman–Crippen LogP) is 3.76. The normalized spacial score (nSPS) is 11.7. The largest absolute Gasteiger partial charge is 0.337 e. The standard InChI is InChI=1S/C21H18FN7/c1-29(2)11-12-7-13(9-23-8-12)19-18(22)17-16(10-24-19)27-28-20(17)21-25-14-5-3-4-6-15(14)26-21/h3-10H,11H2,1-2H3,(H,25,26)(H,27,28). The Morgan fingerprint density at radius 3 is 2.72 bits per heavy atom. The zero-order valence-electron chi connectivity index (χ0n) is 15.9. The van der Waals surface area contributed by atoms with Crippen molar-refractivity contribution in [2.75, 3.05) is 14.1 Å². The number of fused-ring (bicyclic) bond motifs is 2. The van der Waals surface area contributed by atoms with Crippen LogP contribution in [0.1, 0.15) is 5.56 Å². The molecule has 0 aliphatic carbocycles. The van der Waals surface area contributed by atoms with Crippen LogP contribution >= 0.6 is 0 Å². The Labute approximate surface area is 165 Å². The molecule has 144 valence electrons. The SMILES string of the molecule is CN(C)Cc1cncc(-c2ncc3[nH]nc(-c4nc5ccccc5[nH]4)c3c2F)c1. The summed E-state index contributed by atoms with van der Waals surface area (Å²) in [5.74, 6) is 0.0588. The van der Waals surface area contributed by atoms with Gasteiger partial charge < -0.3 is 9.88 Å². The average Bonchev–Trinajstić information content (AvgIpc) is 3.32. The maximum Gasteiger partial charge on any atom is 0.161 e. The molecular formula is C21H18FN7. The highest BCUT2D eigenvalue weighted by molar-refractivity contribution is 5.95.